The second-order valence-corrected chi connectivity index (χ2v) is 6.80. The fourth-order valence-electron chi connectivity index (χ4n) is 1.72. The fraction of sp³-hybridized carbons (Fsp3) is 0.571. The number of aliphatic hydroxyl groups excluding tert-OH is 1. The Morgan fingerprint density at radius 3 is 2.32 bits per heavy atom. The summed E-state index contributed by atoms with van der Waals surface area (Å²) in [4.78, 5) is 0. The summed E-state index contributed by atoms with van der Waals surface area (Å²) in [6.07, 6.45) is 0.834. The SMILES string of the molecule is CCCS(=O)(=O)CCOc1ccc([C@@H](O)CC)cc1. The Bertz CT molecular complexity index is 465. The van der Waals surface area contributed by atoms with Crippen LogP contribution in [-0.2, 0) is 9.84 Å². The van der Waals surface area contributed by atoms with E-state index in [1.807, 2.05) is 13.8 Å². The van der Waals surface area contributed by atoms with Crippen LogP contribution in [0.2, 0.25) is 0 Å². The van der Waals surface area contributed by atoms with Gasteiger partial charge in [0, 0.05) is 0 Å². The highest BCUT2D eigenvalue weighted by atomic mass is 32.2. The smallest absolute Gasteiger partial charge is 0.153 e. The predicted octanol–water partition coefficient (Wildman–Crippen LogP) is 2.33. The van der Waals surface area contributed by atoms with E-state index >= 15 is 0 Å². The minimum atomic E-state index is -2.99. The van der Waals surface area contributed by atoms with Gasteiger partial charge in [-0.25, -0.2) is 8.42 Å². The average molecular weight is 286 g/mol. The lowest BCUT2D eigenvalue weighted by Gasteiger charge is -2.10. The highest BCUT2D eigenvalue weighted by Crippen LogP contribution is 2.19. The summed E-state index contributed by atoms with van der Waals surface area (Å²) in [5.74, 6) is 0.872. The molecule has 0 spiro atoms. The summed E-state index contributed by atoms with van der Waals surface area (Å²) in [5.41, 5.74) is 0.841. The first kappa shape index (κ1) is 16.0. The third-order valence-corrected chi connectivity index (χ3v) is 4.65. The van der Waals surface area contributed by atoms with E-state index in [4.69, 9.17) is 4.74 Å². The first-order valence-electron chi connectivity index (χ1n) is 6.59. The molecule has 0 fully saturated rings. The molecular weight excluding hydrogens is 264 g/mol. The third-order valence-electron chi connectivity index (χ3n) is 2.83. The van der Waals surface area contributed by atoms with Crippen molar-refractivity contribution in [3.05, 3.63) is 29.8 Å². The van der Waals surface area contributed by atoms with Crippen molar-refractivity contribution in [2.75, 3.05) is 18.1 Å². The number of ether oxygens (including phenoxy) is 1. The van der Waals surface area contributed by atoms with E-state index in [2.05, 4.69) is 0 Å². The van der Waals surface area contributed by atoms with Gasteiger partial charge in [-0.2, -0.15) is 0 Å². The minimum absolute atomic E-state index is 0.0418. The Kier molecular flexibility index (Phi) is 6.31. The first-order chi connectivity index (χ1) is 8.98. The first-order valence-corrected chi connectivity index (χ1v) is 8.42. The Morgan fingerprint density at radius 2 is 1.79 bits per heavy atom. The van der Waals surface area contributed by atoms with Gasteiger partial charge in [0.25, 0.3) is 0 Å². The largest absolute Gasteiger partial charge is 0.493 e. The predicted molar refractivity (Wildman–Crippen MR) is 76.1 cm³/mol. The summed E-state index contributed by atoms with van der Waals surface area (Å²) in [5, 5.41) is 9.64. The zero-order chi connectivity index (χ0) is 14.3. The number of rotatable bonds is 8. The summed E-state index contributed by atoms with van der Waals surface area (Å²) >= 11 is 0. The van der Waals surface area contributed by atoms with E-state index in [-0.39, 0.29) is 18.1 Å². The van der Waals surface area contributed by atoms with Crippen molar-refractivity contribution in [1.82, 2.24) is 0 Å². The molecule has 0 radical (unpaired) electrons. The Labute approximate surface area is 115 Å². The van der Waals surface area contributed by atoms with Crippen molar-refractivity contribution < 1.29 is 18.3 Å². The summed E-state index contributed by atoms with van der Waals surface area (Å²) in [6.45, 7) is 3.92. The molecular formula is C14H22O4S. The molecule has 0 bridgehead atoms. The number of sulfone groups is 1. The van der Waals surface area contributed by atoms with Gasteiger partial charge < -0.3 is 9.84 Å². The van der Waals surface area contributed by atoms with E-state index in [1.165, 1.54) is 0 Å². The Balaban J connectivity index is 2.46. The Morgan fingerprint density at radius 1 is 1.16 bits per heavy atom. The van der Waals surface area contributed by atoms with Crippen LogP contribution in [0.15, 0.2) is 24.3 Å². The second-order valence-electron chi connectivity index (χ2n) is 4.49. The maximum Gasteiger partial charge on any atom is 0.153 e. The van der Waals surface area contributed by atoms with Gasteiger partial charge in [0.05, 0.1) is 17.6 Å². The van der Waals surface area contributed by atoms with Crippen LogP contribution in [0.1, 0.15) is 38.4 Å². The van der Waals surface area contributed by atoms with Gasteiger partial charge in [-0.1, -0.05) is 26.0 Å². The number of benzene rings is 1. The minimum Gasteiger partial charge on any atom is -0.493 e. The zero-order valence-electron chi connectivity index (χ0n) is 11.5. The maximum atomic E-state index is 11.5. The van der Waals surface area contributed by atoms with Crippen LogP contribution in [-0.4, -0.2) is 31.6 Å². The Hall–Kier alpha value is -1.07. The zero-order valence-corrected chi connectivity index (χ0v) is 12.3. The molecule has 1 aromatic carbocycles. The van der Waals surface area contributed by atoms with Crippen molar-refractivity contribution in [3.8, 4) is 5.75 Å². The monoisotopic (exact) mass is 286 g/mol. The normalized spacial score (nSPS) is 13.2. The van der Waals surface area contributed by atoms with Crippen molar-refractivity contribution in [1.29, 1.82) is 0 Å². The third kappa shape index (κ3) is 5.61. The summed E-state index contributed by atoms with van der Waals surface area (Å²) in [6, 6.07) is 7.09. The van der Waals surface area contributed by atoms with Crippen LogP contribution >= 0.6 is 0 Å². The highest BCUT2D eigenvalue weighted by Gasteiger charge is 2.09. The molecule has 0 saturated carbocycles. The molecule has 5 heteroatoms. The van der Waals surface area contributed by atoms with Crippen molar-refractivity contribution in [3.63, 3.8) is 0 Å². The van der Waals surface area contributed by atoms with Gasteiger partial charge in [-0.15, -0.1) is 0 Å². The standard InChI is InChI=1S/C14H22O4S/c1-3-10-19(16,17)11-9-18-13-7-5-12(6-8-13)14(15)4-2/h5-8,14-15H,3-4,9-11H2,1-2H3/t14-/m0/s1. The molecule has 108 valence electrons. The highest BCUT2D eigenvalue weighted by molar-refractivity contribution is 7.91. The van der Waals surface area contributed by atoms with Crippen LogP contribution in [0.25, 0.3) is 0 Å². The molecule has 1 aromatic rings. The molecule has 0 aliphatic carbocycles. The summed E-state index contributed by atoms with van der Waals surface area (Å²) < 4.78 is 28.4. The molecule has 0 heterocycles. The molecule has 0 aliphatic rings. The molecule has 0 aliphatic heterocycles. The topological polar surface area (TPSA) is 63.6 Å². The lowest BCUT2D eigenvalue weighted by molar-refractivity contribution is 0.173. The van der Waals surface area contributed by atoms with Crippen molar-refractivity contribution >= 4 is 9.84 Å². The van der Waals surface area contributed by atoms with Crippen LogP contribution in [0.5, 0.6) is 5.75 Å². The van der Waals surface area contributed by atoms with Crippen molar-refractivity contribution in [2.45, 2.75) is 32.8 Å². The van der Waals surface area contributed by atoms with Gasteiger partial charge in [0.2, 0.25) is 0 Å². The molecule has 19 heavy (non-hydrogen) atoms. The van der Waals surface area contributed by atoms with Crippen molar-refractivity contribution in [2.24, 2.45) is 0 Å². The van der Waals surface area contributed by atoms with Gasteiger partial charge >= 0.3 is 0 Å². The molecule has 1 N–H and O–H groups in total. The molecule has 0 saturated heterocycles. The molecule has 4 nitrogen and oxygen atoms in total. The lowest BCUT2D eigenvalue weighted by Crippen LogP contribution is -2.16. The maximum absolute atomic E-state index is 11.5. The lowest BCUT2D eigenvalue weighted by atomic mass is 10.1. The molecule has 0 aromatic heterocycles. The number of hydrogen-bond donors (Lipinski definition) is 1. The van der Waals surface area contributed by atoms with Crippen LogP contribution in [0, 0.1) is 0 Å². The van der Waals surface area contributed by atoms with Gasteiger partial charge in [0.15, 0.2) is 9.84 Å². The quantitative estimate of drug-likeness (QED) is 0.796. The molecule has 0 amide bonds. The van der Waals surface area contributed by atoms with E-state index in [0.29, 0.717) is 18.6 Å². The number of aliphatic hydroxyl groups is 1. The second kappa shape index (κ2) is 7.50. The van der Waals surface area contributed by atoms with E-state index in [1.54, 1.807) is 24.3 Å². The van der Waals surface area contributed by atoms with E-state index in [0.717, 1.165) is 5.56 Å². The van der Waals surface area contributed by atoms with Gasteiger partial charge in [-0.05, 0) is 30.5 Å². The van der Waals surface area contributed by atoms with Crippen LogP contribution < -0.4 is 4.74 Å². The van der Waals surface area contributed by atoms with Gasteiger partial charge in [-0.3, -0.25) is 0 Å². The number of hydrogen-bond acceptors (Lipinski definition) is 4. The van der Waals surface area contributed by atoms with Crippen LogP contribution in [0.3, 0.4) is 0 Å². The molecule has 0 unspecified atom stereocenters. The van der Waals surface area contributed by atoms with Gasteiger partial charge in [0.1, 0.15) is 12.4 Å². The summed E-state index contributed by atoms with van der Waals surface area (Å²) in [7, 11) is -2.99. The van der Waals surface area contributed by atoms with E-state index < -0.39 is 15.9 Å². The fourth-order valence-corrected chi connectivity index (χ4v) is 2.88. The van der Waals surface area contributed by atoms with E-state index in [9.17, 15) is 13.5 Å². The van der Waals surface area contributed by atoms with Crippen LogP contribution in [0.4, 0.5) is 0 Å². The average Bonchev–Trinajstić information content (AvgIpc) is 2.38. The molecule has 1 rings (SSSR count). The molecule has 1 atom stereocenters.